The Balaban J connectivity index is 1.75. The summed E-state index contributed by atoms with van der Waals surface area (Å²) in [5.41, 5.74) is -0.0986. The Morgan fingerprint density at radius 3 is 2.52 bits per heavy atom. The van der Waals surface area contributed by atoms with Crippen LogP contribution < -0.4 is 10.6 Å². The number of amides is 3. The number of hydrogen-bond acceptors (Lipinski definition) is 6. The largest absolute Gasteiger partial charge is 0.477 e. The van der Waals surface area contributed by atoms with Crippen molar-refractivity contribution >= 4 is 35.5 Å². The van der Waals surface area contributed by atoms with Gasteiger partial charge in [0.05, 0.1) is 18.0 Å². The highest BCUT2D eigenvalue weighted by atomic mass is 32.2. The van der Waals surface area contributed by atoms with E-state index in [2.05, 4.69) is 10.6 Å². The Bertz CT molecular complexity index is 836. The zero-order chi connectivity index (χ0) is 23.2. The lowest BCUT2D eigenvalue weighted by atomic mass is 9.78. The summed E-state index contributed by atoms with van der Waals surface area (Å²) >= 11 is 1.34. The van der Waals surface area contributed by atoms with Gasteiger partial charge in [0.25, 0.3) is 5.91 Å². The van der Waals surface area contributed by atoms with Gasteiger partial charge in [0.1, 0.15) is 5.70 Å². The minimum Gasteiger partial charge on any atom is -0.477 e. The van der Waals surface area contributed by atoms with Crippen molar-refractivity contribution in [3.63, 3.8) is 0 Å². The van der Waals surface area contributed by atoms with Gasteiger partial charge in [0.15, 0.2) is 0 Å². The van der Waals surface area contributed by atoms with E-state index in [9.17, 15) is 33.1 Å². The molecule has 6 atom stereocenters. The number of carboxylic acid groups (broad SMARTS) is 1. The SMILES string of the molecule is CC(NC(=O)C(F)F)[C@H]1C(=O)N2C(C(=O)O)=C(S[C@@H]3CN[C@H](C(=O)N(C)C)C3)[C@@H](C)[C@H]12. The maximum Gasteiger partial charge on any atom is 0.353 e. The van der Waals surface area contributed by atoms with Crippen LogP contribution in [0.25, 0.3) is 0 Å². The molecule has 0 saturated carbocycles. The summed E-state index contributed by atoms with van der Waals surface area (Å²) in [6.07, 6.45) is -2.67. The van der Waals surface area contributed by atoms with Crippen LogP contribution in [0, 0.1) is 11.8 Å². The molecule has 2 saturated heterocycles. The molecular weight excluding hydrogens is 434 g/mol. The van der Waals surface area contributed by atoms with Gasteiger partial charge in [-0.1, -0.05) is 6.92 Å². The van der Waals surface area contributed by atoms with E-state index in [1.165, 1.54) is 28.5 Å². The average Bonchev–Trinajstić information content (AvgIpc) is 3.23. The highest BCUT2D eigenvalue weighted by Gasteiger charge is 2.60. The molecule has 3 amide bonds. The predicted octanol–water partition coefficient (Wildman–Crippen LogP) is 0.0810. The molecule has 0 aliphatic carbocycles. The van der Waals surface area contributed by atoms with Gasteiger partial charge in [0.2, 0.25) is 11.8 Å². The fourth-order valence-corrected chi connectivity index (χ4v) is 6.02. The van der Waals surface area contributed by atoms with E-state index in [1.807, 2.05) is 0 Å². The van der Waals surface area contributed by atoms with E-state index in [1.54, 1.807) is 21.0 Å². The first kappa shape index (κ1) is 23.5. The topological polar surface area (TPSA) is 119 Å². The molecule has 3 rings (SSSR count). The van der Waals surface area contributed by atoms with Gasteiger partial charge in [-0.2, -0.15) is 8.78 Å². The number of nitrogens with one attached hydrogen (secondary N) is 2. The molecule has 31 heavy (non-hydrogen) atoms. The maximum absolute atomic E-state index is 12.7. The monoisotopic (exact) mass is 460 g/mol. The van der Waals surface area contributed by atoms with Crippen molar-refractivity contribution < 1.29 is 33.1 Å². The molecule has 2 fully saturated rings. The lowest BCUT2D eigenvalue weighted by Crippen LogP contribution is -2.66. The summed E-state index contributed by atoms with van der Waals surface area (Å²) in [7, 11) is 3.33. The van der Waals surface area contributed by atoms with E-state index in [0.717, 1.165) is 0 Å². The lowest BCUT2D eigenvalue weighted by molar-refractivity contribution is -0.159. The van der Waals surface area contributed by atoms with Crippen LogP contribution in [-0.4, -0.2) is 89.0 Å². The normalized spacial score (nSPS) is 30.9. The first-order valence-electron chi connectivity index (χ1n) is 9.95. The quantitative estimate of drug-likeness (QED) is 0.461. The van der Waals surface area contributed by atoms with Crippen LogP contribution in [0.3, 0.4) is 0 Å². The summed E-state index contributed by atoms with van der Waals surface area (Å²) in [6.45, 7) is 3.78. The van der Waals surface area contributed by atoms with Gasteiger partial charge in [-0.3, -0.25) is 14.4 Å². The molecule has 3 heterocycles. The van der Waals surface area contributed by atoms with Gasteiger partial charge in [-0.15, -0.1) is 11.8 Å². The second-order valence-electron chi connectivity index (χ2n) is 8.30. The highest BCUT2D eigenvalue weighted by Crippen LogP contribution is 2.51. The fraction of sp³-hybridized carbons (Fsp3) is 0.684. The number of likely N-dealkylation sites (N-methyl/N-ethyl adjacent to an activating group) is 1. The molecule has 0 radical (unpaired) electrons. The minimum atomic E-state index is -3.19. The number of carbonyl (C=O) groups is 4. The van der Waals surface area contributed by atoms with E-state index >= 15 is 0 Å². The molecular formula is C19H26F2N4O5S. The predicted molar refractivity (Wildman–Crippen MR) is 108 cm³/mol. The fourth-order valence-electron chi connectivity index (χ4n) is 4.55. The van der Waals surface area contributed by atoms with Crippen molar-refractivity contribution in [1.29, 1.82) is 0 Å². The number of nitrogens with zero attached hydrogens (tertiary/aromatic N) is 2. The number of thioether (sulfide) groups is 1. The Labute approximate surface area is 182 Å². The molecule has 9 nitrogen and oxygen atoms in total. The van der Waals surface area contributed by atoms with Crippen molar-refractivity contribution in [3.05, 3.63) is 10.6 Å². The third-order valence-electron chi connectivity index (χ3n) is 6.02. The molecule has 0 aromatic carbocycles. The summed E-state index contributed by atoms with van der Waals surface area (Å²) in [6, 6.07) is -1.73. The zero-order valence-electron chi connectivity index (χ0n) is 17.6. The molecule has 3 aliphatic heterocycles. The molecule has 172 valence electrons. The van der Waals surface area contributed by atoms with Crippen molar-refractivity contribution in [1.82, 2.24) is 20.4 Å². The number of carboxylic acids is 1. The van der Waals surface area contributed by atoms with E-state index in [-0.39, 0.29) is 28.8 Å². The summed E-state index contributed by atoms with van der Waals surface area (Å²) in [5.74, 6) is -4.38. The van der Waals surface area contributed by atoms with Gasteiger partial charge >= 0.3 is 12.4 Å². The van der Waals surface area contributed by atoms with Gasteiger partial charge in [-0.05, 0) is 13.3 Å². The van der Waals surface area contributed by atoms with E-state index in [4.69, 9.17) is 0 Å². The molecule has 12 heteroatoms. The van der Waals surface area contributed by atoms with E-state index in [0.29, 0.717) is 17.9 Å². The molecule has 0 bridgehead atoms. The number of β-lactam (4-membered cyclic amide) rings is 1. The standard InChI is InChI=1S/C19H26F2N4O5S/c1-7-12-11(8(2)23-16(26)15(20)21)18(28)25(12)13(19(29)30)14(7)31-9-5-10(22-6-9)17(27)24(3)4/h7-12,15,22H,5-6H2,1-4H3,(H,23,26)(H,29,30)/t7-,8?,9-,10-,11+,12+/m0/s1. The second kappa shape index (κ2) is 8.73. The maximum atomic E-state index is 12.7. The van der Waals surface area contributed by atoms with Gasteiger partial charge in [-0.25, -0.2) is 4.79 Å². The van der Waals surface area contributed by atoms with Gasteiger partial charge < -0.3 is 25.5 Å². The number of fused-ring (bicyclic) bond motifs is 1. The van der Waals surface area contributed by atoms with Crippen molar-refractivity contribution in [2.45, 2.75) is 50.1 Å². The molecule has 0 spiro atoms. The van der Waals surface area contributed by atoms with Crippen molar-refractivity contribution in [3.8, 4) is 0 Å². The van der Waals surface area contributed by atoms with Crippen LogP contribution in [0.4, 0.5) is 8.78 Å². The van der Waals surface area contributed by atoms with Gasteiger partial charge in [0, 0.05) is 42.8 Å². The Hall–Kier alpha value is -2.21. The smallest absolute Gasteiger partial charge is 0.353 e. The third-order valence-corrected chi connectivity index (χ3v) is 7.53. The number of aliphatic carboxylic acids is 1. The molecule has 1 unspecified atom stereocenters. The molecule has 0 aromatic heterocycles. The highest BCUT2D eigenvalue weighted by molar-refractivity contribution is 8.03. The summed E-state index contributed by atoms with van der Waals surface area (Å²) in [5, 5.41) is 15.0. The van der Waals surface area contributed by atoms with Crippen molar-refractivity contribution in [2.75, 3.05) is 20.6 Å². The van der Waals surface area contributed by atoms with Crippen LogP contribution in [0.15, 0.2) is 10.6 Å². The lowest BCUT2D eigenvalue weighted by Gasteiger charge is -2.47. The summed E-state index contributed by atoms with van der Waals surface area (Å²) in [4.78, 5) is 51.4. The first-order chi connectivity index (χ1) is 14.5. The Kier molecular flexibility index (Phi) is 6.61. The van der Waals surface area contributed by atoms with Crippen LogP contribution in [-0.2, 0) is 19.2 Å². The molecule has 3 aliphatic rings. The Morgan fingerprint density at radius 2 is 1.97 bits per heavy atom. The zero-order valence-corrected chi connectivity index (χ0v) is 18.4. The number of halogens is 2. The summed E-state index contributed by atoms with van der Waals surface area (Å²) < 4.78 is 25.2. The number of rotatable bonds is 7. The van der Waals surface area contributed by atoms with Crippen molar-refractivity contribution in [2.24, 2.45) is 11.8 Å². The number of hydrogen-bond donors (Lipinski definition) is 3. The van der Waals surface area contributed by atoms with Crippen LogP contribution >= 0.6 is 11.8 Å². The average molecular weight is 461 g/mol. The number of alkyl halides is 2. The number of carbonyl (C=O) groups excluding carboxylic acids is 3. The molecule has 3 N–H and O–H groups in total. The Morgan fingerprint density at radius 1 is 1.32 bits per heavy atom. The second-order valence-corrected chi connectivity index (χ2v) is 9.64. The van der Waals surface area contributed by atoms with Crippen LogP contribution in [0.2, 0.25) is 0 Å². The van der Waals surface area contributed by atoms with E-state index < -0.39 is 42.2 Å². The molecule has 0 aromatic rings. The van der Waals surface area contributed by atoms with Crippen LogP contribution in [0.5, 0.6) is 0 Å². The minimum absolute atomic E-state index is 0.0519. The first-order valence-corrected chi connectivity index (χ1v) is 10.8. The van der Waals surface area contributed by atoms with Crippen LogP contribution in [0.1, 0.15) is 20.3 Å². The third kappa shape index (κ3) is 4.14.